The molecule has 0 bridgehead atoms. The van der Waals surface area contributed by atoms with Gasteiger partial charge in [0.15, 0.2) is 0 Å². The topological polar surface area (TPSA) is 97.0 Å². The number of rotatable bonds is 9. The van der Waals surface area contributed by atoms with Crippen LogP contribution in [0.4, 0.5) is 0 Å². The van der Waals surface area contributed by atoms with Gasteiger partial charge in [0, 0.05) is 35.7 Å². The summed E-state index contributed by atoms with van der Waals surface area (Å²) in [6.07, 6.45) is 0.611. The van der Waals surface area contributed by atoms with Crippen molar-refractivity contribution in [2.45, 2.75) is 6.42 Å². The van der Waals surface area contributed by atoms with Crippen LogP contribution >= 0.6 is 7.29 Å². The maximum atomic E-state index is 14.3. The monoisotopic (exact) mass is 371 g/mol. The molecule has 0 spiro atoms. The van der Waals surface area contributed by atoms with Gasteiger partial charge in [0.25, 0.3) is 7.29 Å². The average Bonchev–Trinajstić information content (AvgIpc) is 2.70. The first-order chi connectivity index (χ1) is 12.6. The van der Waals surface area contributed by atoms with Gasteiger partial charge in [-0.25, -0.2) is 0 Å². The fourth-order valence-corrected chi connectivity index (χ4v) is 5.12. The highest BCUT2D eigenvalue weighted by Crippen LogP contribution is 2.48. The number of azide groups is 1. The second-order valence-corrected chi connectivity index (χ2v) is 8.04. The van der Waals surface area contributed by atoms with Crippen molar-refractivity contribution in [3.63, 3.8) is 0 Å². The van der Waals surface area contributed by atoms with Gasteiger partial charge in [-0.05, 0) is 36.2 Å². The van der Waals surface area contributed by atoms with Gasteiger partial charge in [-0.3, -0.25) is 4.57 Å². The number of nitrogens with zero attached hydrogens (tertiary/aromatic N) is 7. The summed E-state index contributed by atoms with van der Waals surface area (Å²) in [7, 11) is 0.0707. The molecular weight excluding hydrogens is 349 g/mol. The van der Waals surface area contributed by atoms with Crippen molar-refractivity contribution < 1.29 is 4.57 Å². The maximum absolute atomic E-state index is 14.3. The van der Waals surface area contributed by atoms with Crippen molar-refractivity contribution in [2.75, 3.05) is 27.2 Å². The Hall–Kier alpha value is -2.66. The smallest absolute Gasteiger partial charge is 0.260 e. The van der Waals surface area contributed by atoms with E-state index in [1.54, 1.807) is 19.1 Å². The van der Waals surface area contributed by atoms with Gasteiger partial charge in [0.05, 0.1) is 7.05 Å². The first-order valence-corrected chi connectivity index (χ1v) is 9.84. The third-order valence-electron chi connectivity index (χ3n) is 3.74. The molecule has 0 saturated carbocycles. The second-order valence-electron chi connectivity index (χ2n) is 5.49. The van der Waals surface area contributed by atoms with E-state index >= 15 is 0 Å². The maximum Gasteiger partial charge on any atom is 0.260 e. The molecule has 0 aliphatic rings. The van der Waals surface area contributed by atoms with E-state index in [1.807, 2.05) is 60.7 Å². The van der Waals surface area contributed by atoms with Crippen LogP contribution in [0.2, 0.25) is 0 Å². The quantitative estimate of drug-likeness (QED) is 0.168. The fourth-order valence-electron chi connectivity index (χ4n) is 2.54. The van der Waals surface area contributed by atoms with Crippen LogP contribution < -0.4 is 10.6 Å². The lowest BCUT2D eigenvalue weighted by atomic mass is 10.4. The van der Waals surface area contributed by atoms with Gasteiger partial charge in [0.1, 0.15) is 0 Å². The van der Waals surface area contributed by atoms with Crippen LogP contribution in [-0.2, 0) is 4.57 Å². The molecule has 0 radical (unpaired) electrons. The number of hydrazine groups is 1. The third kappa shape index (κ3) is 4.49. The molecule has 0 atom stereocenters. The zero-order valence-electron chi connectivity index (χ0n) is 14.9. The van der Waals surface area contributed by atoms with Gasteiger partial charge in [0.2, 0.25) is 0 Å². The molecule has 0 amide bonds. The minimum absolute atomic E-state index is 0.360. The first-order valence-electron chi connectivity index (χ1n) is 8.18. The molecule has 0 N–H and O–H groups in total. The lowest BCUT2D eigenvalue weighted by molar-refractivity contribution is 0.0860. The molecule has 0 aliphatic carbocycles. The van der Waals surface area contributed by atoms with Crippen LogP contribution in [0.3, 0.4) is 0 Å². The van der Waals surface area contributed by atoms with Crippen molar-refractivity contribution in [3.05, 3.63) is 71.1 Å². The first kappa shape index (κ1) is 19.7. The molecule has 136 valence electrons. The molecule has 0 heterocycles. The Labute approximate surface area is 153 Å². The Morgan fingerprint density at radius 3 is 2.04 bits per heavy atom. The van der Waals surface area contributed by atoms with E-state index in [4.69, 9.17) is 5.53 Å². The molecule has 0 fully saturated rings. The van der Waals surface area contributed by atoms with Crippen LogP contribution in [-0.4, -0.2) is 37.1 Å². The largest absolute Gasteiger partial charge is 0.287 e. The Kier molecular flexibility index (Phi) is 7.36. The molecule has 2 aromatic carbocycles. The fraction of sp³-hybridized carbons (Fsp3) is 0.294. The van der Waals surface area contributed by atoms with Gasteiger partial charge in [-0.1, -0.05) is 46.7 Å². The highest BCUT2D eigenvalue weighted by Gasteiger charge is 2.37. The summed E-state index contributed by atoms with van der Waals surface area (Å²) in [5.41, 5.74) is 8.41. The zero-order valence-corrected chi connectivity index (χ0v) is 15.8. The summed E-state index contributed by atoms with van der Waals surface area (Å²) in [6, 6.07) is 18.5. The third-order valence-corrected chi connectivity index (χ3v) is 6.63. The molecule has 0 saturated heterocycles. The Bertz CT molecular complexity index is 763. The van der Waals surface area contributed by atoms with Crippen molar-refractivity contribution in [1.82, 2.24) is 9.90 Å². The summed E-state index contributed by atoms with van der Waals surface area (Å²) in [4.78, 5) is 4.21. The van der Waals surface area contributed by atoms with E-state index < -0.39 is 7.29 Å². The normalized spacial score (nSPS) is 11.5. The highest BCUT2D eigenvalue weighted by molar-refractivity contribution is 7.76. The molecule has 8 nitrogen and oxygen atoms in total. The van der Waals surface area contributed by atoms with Gasteiger partial charge in [-0.2, -0.15) is 10.1 Å². The van der Waals surface area contributed by atoms with E-state index in [2.05, 4.69) is 20.4 Å². The van der Waals surface area contributed by atoms with Gasteiger partial charge in [-0.15, -0.1) is 4.89 Å². The molecular formula is C17H22N7OP. The van der Waals surface area contributed by atoms with Crippen LogP contribution in [0, 0.1) is 0 Å². The van der Waals surface area contributed by atoms with E-state index in [9.17, 15) is 4.57 Å². The SMILES string of the molecule is CN=NN(N(C)CCCN=[N+]=[N-])P(=O)(c1ccccc1)c1ccccc1. The minimum atomic E-state index is -3.27. The van der Waals surface area contributed by atoms with Crippen LogP contribution in [0.15, 0.2) is 76.1 Å². The van der Waals surface area contributed by atoms with Gasteiger partial charge >= 0.3 is 0 Å². The minimum Gasteiger partial charge on any atom is -0.287 e. The Balaban J connectivity index is 2.47. The summed E-state index contributed by atoms with van der Waals surface area (Å²) < 4.78 is 14.3. The number of benzene rings is 2. The summed E-state index contributed by atoms with van der Waals surface area (Å²) in [6.45, 7) is 0.876. The predicted molar refractivity (Wildman–Crippen MR) is 104 cm³/mol. The lowest BCUT2D eigenvalue weighted by Crippen LogP contribution is -2.40. The Morgan fingerprint density at radius 2 is 1.58 bits per heavy atom. The van der Waals surface area contributed by atoms with Crippen LogP contribution in [0.25, 0.3) is 10.4 Å². The predicted octanol–water partition coefficient (Wildman–Crippen LogP) is 3.76. The summed E-state index contributed by atoms with van der Waals surface area (Å²) in [5.74, 6) is 0. The van der Waals surface area contributed by atoms with E-state index in [1.165, 1.54) is 4.89 Å². The van der Waals surface area contributed by atoms with Crippen LogP contribution in [0.1, 0.15) is 6.42 Å². The van der Waals surface area contributed by atoms with Gasteiger partial charge < -0.3 is 0 Å². The van der Waals surface area contributed by atoms with Crippen LogP contribution in [0.5, 0.6) is 0 Å². The number of hydrogen-bond acceptors (Lipinski definition) is 5. The van der Waals surface area contributed by atoms with Crippen molar-refractivity contribution in [1.29, 1.82) is 0 Å². The highest BCUT2D eigenvalue weighted by atomic mass is 31.2. The average molecular weight is 371 g/mol. The molecule has 0 aliphatic heterocycles. The standard InChI is InChI=1S/C17H22N7OP/c1-19-22-24(23(2)15-9-14-20-21-18)26(25,16-10-5-3-6-11-16)17-12-7-4-8-13-17/h3-8,10-13H,9,14-15H2,1-2H3. The summed E-state index contributed by atoms with van der Waals surface area (Å²) >= 11 is 0. The van der Waals surface area contributed by atoms with Crippen molar-refractivity contribution in [3.8, 4) is 0 Å². The molecule has 9 heteroatoms. The zero-order chi connectivity index (χ0) is 18.8. The number of hydrogen-bond donors (Lipinski definition) is 0. The lowest BCUT2D eigenvalue weighted by Gasteiger charge is -2.35. The van der Waals surface area contributed by atoms with E-state index in [0.29, 0.717) is 30.1 Å². The molecule has 0 unspecified atom stereocenters. The molecule has 0 aromatic heterocycles. The molecule has 2 aromatic rings. The molecule has 2 rings (SSSR count). The van der Waals surface area contributed by atoms with Crippen molar-refractivity contribution in [2.24, 2.45) is 15.5 Å². The Morgan fingerprint density at radius 1 is 1.04 bits per heavy atom. The summed E-state index contributed by atoms with van der Waals surface area (Å²) in [5, 5.41) is 14.7. The van der Waals surface area contributed by atoms with E-state index in [-0.39, 0.29) is 0 Å². The molecule has 26 heavy (non-hydrogen) atoms. The van der Waals surface area contributed by atoms with E-state index in [0.717, 1.165) is 0 Å². The van der Waals surface area contributed by atoms with Crippen molar-refractivity contribution >= 4 is 17.9 Å². The second kappa shape index (κ2) is 9.73.